The van der Waals surface area contributed by atoms with Crippen molar-refractivity contribution < 1.29 is 4.79 Å². The van der Waals surface area contributed by atoms with Crippen LogP contribution in [0, 0.1) is 0 Å². The fourth-order valence-corrected chi connectivity index (χ4v) is 2.08. The quantitative estimate of drug-likeness (QED) is 0.696. The molecule has 0 unspecified atom stereocenters. The van der Waals surface area contributed by atoms with Crippen molar-refractivity contribution >= 4 is 34.8 Å². The SMILES string of the molecule is C/C(=N/NC(=O)c1ccccn1)c1ccc(Cl)cc1Cl. The average Bonchev–Trinajstić information content (AvgIpc) is 2.45. The van der Waals surface area contributed by atoms with Gasteiger partial charge >= 0.3 is 0 Å². The lowest BCUT2D eigenvalue weighted by atomic mass is 10.1. The molecule has 6 heteroatoms. The van der Waals surface area contributed by atoms with Crippen LogP contribution in [0.15, 0.2) is 47.7 Å². The smallest absolute Gasteiger partial charge is 0.266 e. The van der Waals surface area contributed by atoms with Crippen molar-refractivity contribution in [3.63, 3.8) is 0 Å². The zero-order valence-corrected chi connectivity index (χ0v) is 12.1. The molecule has 0 bridgehead atoms. The van der Waals surface area contributed by atoms with Crippen molar-refractivity contribution in [2.24, 2.45) is 5.10 Å². The van der Waals surface area contributed by atoms with E-state index < -0.39 is 0 Å². The number of hydrogen-bond acceptors (Lipinski definition) is 3. The highest BCUT2D eigenvalue weighted by molar-refractivity contribution is 6.37. The van der Waals surface area contributed by atoms with Gasteiger partial charge in [0.1, 0.15) is 5.69 Å². The first-order valence-electron chi connectivity index (χ1n) is 5.79. The lowest BCUT2D eigenvalue weighted by Gasteiger charge is -2.05. The molecule has 1 amide bonds. The van der Waals surface area contributed by atoms with Gasteiger partial charge in [-0.15, -0.1) is 0 Å². The van der Waals surface area contributed by atoms with Crippen LogP contribution < -0.4 is 5.43 Å². The molecule has 102 valence electrons. The van der Waals surface area contributed by atoms with Crippen LogP contribution >= 0.6 is 23.2 Å². The highest BCUT2D eigenvalue weighted by atomic mass is 35.5. The third kappa shape index (κ3) is 3.56. The summed E-state index contributed by atoms with van der Waals surface area (Å²) in [5.74, 6) is -0.380. The Morgan fingerprint density at radius 1 is 1.25 bits per heavy atom. The Bertz CT molecular complexity index is 657. The predicted octanol–water partition coefficient (Wildman–Crippen LogP) is 3.54. The molecule has 0 radical (unpaired) electrons. The van der Waals surface area contributed by atoms with Gasteiger partial charge in [0.2, 0.25) is 0 Å². The van der Waals surface area contributed by atoms with E-state index in [-0.39, 0.29) is 5.91 Å². The molecule has 0 aliphatic rings. The Labute approximate surface area is 126 Å². The van der Waals surface area contributed by atoms with Crippen LogP contribution in [0.4, 0.5) is 0 Å². The number of pyridine rings is 1. The van der Waals surface area contributed by atoms with Gasteiger partial charge in [-0.2, -0.15) is 5.10 Å². The summed E-state index contributed by atoms with van der Waals surface area (Å²) in [5.41, 5.74) is 4.02. The minimum absolute atomic E-state index is 0.297. The summed E-state index contributed by atoms with van der Waals surface area (Å²) in [5, 5.41) is 5.03. The minimum atomic E-state index is -0.380. The lowest BCUT2D eigenvalue weighted by molar-refractivity contribution is 0.0950. The van der Waals surface area contributed by atoms with Crippen LogP contribution in [-0.4, -0.2) is 16.6 Å². The molecule has 1 aromatic heterocycles. The van der Waals surface area contributed by atoms with Gasteiger partial charge < -0.3 is 0 Å². The number of carbonyl (C=O) groups is 1. The molecular weight excluding hydrogens is 297 g/mol. The number of carbonyl (C=O) groups excluding carboxylic acids is 1. The molecule has 0 aliphatic heterocycles. The molecule has 0 aliphatic carbocycles. The summed E-state index contributed by atoms with van der Waals surface area (Å²) in [6.45, 7) is 1.74. The van der Waals surface area contributed by atoms with Crippen LogP contribution in [-0.2, 0) is 0 Å². The van der Waals surface area contributed by atoms with E-state index in [1.807, 2.05) is 0 Å². The Kier molecular flexibility index (Phi) is 4.71. The Hall–Kier alpha value is -1.91. The van der Waals surface area contributed by atoms with Crippen molar-refractivity contribution in [1.29, 1.82) is 0 Å². The standard InChI is InChI=1S/C14H11Cl2N3O/c1-9(11-6-5-10(15)8-12(11)16)18-19-14(20)13-4-2-3-7-17-13/h2-8H,1H3,(H,19,20)/b18-9-. The molecule has 4 nitrogen and oxygen atoms in total. The van der Waals surface area contributed by atoms with Gasteiger partial charge in [-0.1, -0.05) is 35.3 Å². The molecule has 0 saturated carbocycles. The van der Waals surface area contributed by atoms with Crippen molar-refractivity contribution in [1.82, 2.24) is 10.4 Å². The van der Waals surface area contributed by atoms with Gasteiger partial charge in [0.25, 0.3) is 5.91 Å². The van der Waals surface area contributed by atoms with Gasteiger partial charge in [-0.25, -0.2) is 5.43 Å². The Balaban J connectivity index is 2.13. The van der Waals surface area contributed by atoms with Crippen LogP contribution in [0.1, 0.15) is 23.0 Å². The molecule has 20 heavy (non-hydrogen) atoms. The van der Waals surface area contributed by atoms with Crippen LogP contribution in [0.5, 0.6) is 0 Å². The number of aromatic nitrogens is 1. The largest absolute Gasteiger partial charge is 0.289 e. The van der Waals surface area contributed by atoms with Gasteiger partial charge in [0, 0.05) is 16.8 Å². The van der Waals surface area contributed by atoms with Crippen LogP contribution in [0.25, 0.3) is 0 Å². The molecular formula is C14H11Cl2N3O. The molecule has 1 aromatic carbocycles. The number of nitrogens with zero attached hydrogens (tertiary/aromatic N) is 2. The van der Waals surface area contributed by atoms with Crippen molar-refractivity contribution in [3.8, 4) is 0 Å². The maximum absolute atomic E-state index is 11.8. The lowest BCUT2D eigenvalue weighted by Crippen LogP contribution is -2.20. The van der Waals surface area contributed by atoms with E-state index in [0.29, 0.717) is 27.0 Å². The second-order valence-electron chi connectivity index (χ2n) is 3.98. The molecule has 0 spiro atoms. The Morgan fingerprint density at radius 3 is 2.70 bits per heavy atom. The molecule has 0 saturated heterocycles. The van der Waals surface area contributed by atoms with Crippen molar-refractivity contribution in [3.05, 3.63) is 63.9 Å². The number of hydrogen-bond donors (Lipinski definition) is 1. The topological polar surface area (TPSA) is 54.4 Å². The first-order valence-corrected chi connectivity index (χ1v) is 6.54. The van der Waals surface area contributed by atoms with Crippen molar-refractivity contribution in [2.45, 2.75) is 6.92 Å². The molecule has 0 fully saturated rings. The second-order valence-corrected chi connectivity index (χ2v) is 4.82. The van der Waals surface area contributed by atoms with Gasteiger partial charge in [-0.05, 0) is 31.2 Å². The Morgan fingerprint density at radius 2 is 2.05 bits per heavy atom. The van der Waals surface area contributed by atoms with Gasteiger partial charge in [0.05, 0.1) is 10.7 Å². The second kappa shape index (κ2) is 6.50. The molecule has 2 rings (SSSR count). The van der Waals surface area contributed by atoms with E-state index in [9.17, 15) is 4.79 Å². The zero-order valence-electron chi connectivity index (χ0n) is 10.6. The minimum Gasteiger partial charge on any atom is -0.266 e. The van der Waals surface area contributed by atoms with Crippen LogP contribution in [0.3, 0.4) is 0 Å². The summed E-state index contributed by atoms with van der Waals surface area (Å²) in [6.07, 6.45) is 1.54. The average molecular weight is 308 g/mol. The molecule has 2 aromatic rings. The zero-order chi connectivity index (χ0) is 14.5. The fourth-order valence-electron chi connectivity index (χ4n) is 1.53. The first-order chi connectivity index (χ1) is 9.58. The molecule has 1 heterocycles. The first kappa shape index (κ1) is 14.5. The number of benzene rings is 1. The third-order valence-electron chi connectivity index (χ3n) is 2.54. The van der Waals surface area contributed by atoms with E-state index in [1.165, 1.54) is 0 Å². The number of halogens is 2. The summed E-state index contributed by atoms with van der Waals surface area (Å²) in [7, 11) is 0. The van der Waals surface area contributed by atoms with Gasteiger partial charge in [0.15, 0.2) is 0 Å². The van der Waals surface area contributed by atoms with Crippen LogP contribution in [0.2, 0.25) is 10.0 Å². The summed E-state index contributed by atoms with van der Waals surface area (Å²) in [4.78, 5) is 15.7. The summed E-state index contributed by atoms with van der Waals surface area (Å²) < 4.78 is 0. The fraction of sp³-hybridized carbons (Fsp3) is 0.0714. The van der Waals surface area contributed by atoms with Crippen molar-refractivity contribution in [2.75, 3.05) is 0 Å². The normalized spacial score (nSPS) is 11.2. The molecule has 1 N–H and O–H groups in total. The van der Waals surface area contributed by atoms with E-state index in [4.69, 9.17) is 23.2 Å². The van der Waals surface area contributed by atoms with E-state index in [2.05, 4.69) is 15.5 Å². The number of rotatable bonds is 3. The predicted molar refractivity (Wildman–Crippen MR) is 80.4 cm³/mol. The van der Waals surface area contributed by atoms with E-state index >= 15 is 0 Å². The highest BCUT2D eigenvalue weighted by Gasteiger charge is 2.07. The number of hydrazone groups is 1. The van der Waals surface area contributed by atoms with E-state index in [1.54, 1.807) is 49.5 Å². The van der Waals surface area contributed by atoms with E-state index in [0.717, 1.165) is 0 Å². The summed E-state index contributed by atoms with van der Waals surface area (Å²) in [6, 6.07) is 10.2. The third-order valence-corrected chi connectivity index (χ3v) is 3.09. The monoisotopic (exact) mass is 307 g/mol. The number of amides is 1. The summed E-state index contributed by atoms with van der Waals surface area (Å²) >= 11 is 11.9. The van der Waals surface area contributed by atoms with Gasteiger partial charge in [-0.3, -0.25) is 9.78 Å². The highest BCUT2D eigenvalue weighted by Crippen LogP contribution is 2.21. The number of nitrogens with one attached hydrogen (secondary N) is 1. The maximum Gasteiger partial charge on any atom is 0.289 e. The molecule has 0 atom stereocenters. The maximum atomic E-state index is 11.8.